The summed E-state index contributed by atoms with van der Waals surface area (Å²) in [5.74, 6) is -0.528. The molecule has 30 heavy (non-hydrogen) atoms. The highest BCUT2D eigenvalue weighted by Gasteiger charge is 2.40. The number of halogens is 1. The third kappa shape index (κ3) is 3.91. The molecule has 0 bridgehead atoms. The number of benzene rings is 2. The maximum atomic E-state index is 13.3. The van der Waals surface area contributed by atoms with E-state index in [0.29, 0.717) is 29.4 Å². The average Bonchev–Trinajstić information content (AvgIpc) is 2.82. The van der Waals surface area contributed by atoms with Crippen molar-refractivity contribution in [3.63, 3.8) is 0 Å². The van der Waals surface area contributed by atoms with E-state index in [-0.39, 0.29) is 30.8 Å². The molecule has 0 spiro atoms. The van der Waals surface area contributed by atoms with Crippen molar-refractivity contribution in [2.24, 2.45) is 0 Å². The van der Waals surface area contributed by atoms with E-state index in [9.17, 15) is 14.4 Å². The number of hydrogen-bond donors (Lipinski definition) is 1. The highest BCUT2D eigenvalue weighted by molar-refractivity contribution is 6.30. The van der Waals surface area contributed by atoms with Crippen LogP contribution in [0.2, 0.25) is 5.02 Å². The zero-order valence-electron chi connectivity index (χ0n) is 16.9. The third-order valence-electron chi connectivity index (χ3n) is 5.43. The Morgan fingerprint density at radius 1 is 1.10 bits per heavy atom. The van der Waals surface area contributed by atoms with Crippen molar-refractivity contribution in [1.82, 2.24) is 14.7 Å². The van der Waals surface area contributed by atoms with Gasteiger partial charge in [0.05, 0.1) is 24.3 Å². The van der Waals surface area contributed by atoms with Crippen LogP contribution in [-0.4, -0.2) is 78.7 Å². The van der Waals surface area contributed by atoms with E-state index in [1.54, 1.807) is 39.0 Å². The van der Waals surface area contributed by atoms with Crippen LogP contribution in [0.5, 0.6) is 0 Å². The first-order chi connectivity index (χ1) is 14.3. The predicted molar refractivity (Wildman–Crippen MR) is 115 cm³/mol. The van der Waals surface area contributed by atoms with E-state index < -0.39 is 6.04 Å². The lowest BCUT2D eigenvalue weighted by atomic mass is 10.0. The Labute approximate surface area is 180 Å². The van der Waals surface area contributed by atoms with Crippen molar-refractivity contribution in [3.05, 3.63) is 53.1 Å². The number of nitrogens with one attached hydrogen (secondary N) is 1. The van der Waals surface area contributed by atoms with Crippen LogP contribution in [-0.2, 0) is 9.59 Å². The number of anilines is 1. The molecule has 0 saturated carbocycles. The minimum absolute atomic E-state index is 0.0494. The fourth-order valence-electron chi connectivity index (χ4n) is 3.87. The summed E-state index contributed by atoms with van der Waals surface area (Å²) in [6, 6.07) is 12.1. The van der Waals surface area contributed by atoms with Crippen LogP contribution >= 0.6 is 11.6 Å². The summed E-state index contributed by atoms with van der Waals surface area (Å²) in [6.07, 6.45) is 0. The molecular formula is C22H23ClN4O3. The van der Waals surface area contributed by atoms with Crippen molar-refractivity contribution in [1.29, 1.82) is 0 Å². The molecule has 2 aromatic carbocycles. The molecule has 8 heteroatoms. The van der Waals surface area contributed by atoms with Crippen LogP contribution in [0.3, 0.4) is 0 Å². The Hall–Kier alpha value is -2.90. The van der Waals surface area contributed by atoms with Gasteiger partial charge in [0.2, 0.25) is 11.8 Å². The van der Waals surface area contributed by atoms with E-state index in [0.717, 1.165) is 11.1 Å². The average molecular weight is 427 g/mol. The van der Waals surface area contributed by atoms with Crippen LogP contribution < -0.4 is 5.32 Å². The zero-order valence-corrected chi connectivity index (χ0v) is 17.6. The van der Waals surface area contributed by atoms with Crippen molar-refractivity contribution >= 4 is 35.0 Å². The first kappa shape index (κ1) is 20.4. The number of amides is 3. The van der Waals surface area contributed by atoms with Crippen molar-refractivity contribution < 1.29 is 14.4 Å². The molecule has 0 aromatic heterocycles. The van der Waals surface area contributed by atoms with Gasteiger partial charge >= 0.3 is 0 Å². The Kier molecular flexibility index (Phi) is 5.49. The van der Waals surface area contributed by atoms with Gasteiger partial charge in [-0.1, -0.05) is 29.8 Å². The molecule has 156 valence electrons. The van der Waals surface area contributed by atoms with Gasteiger partial charge in [-0.15, -0.1) is 0 Å². The van der Waals surface area contributed by atoms with Gasteiger partial charge in [0.25, 0.3) is 5.91 Å². The summed E-state index contributed by atoms with van der Waals surface area (Å²) in [4.78, 5) is 43.6. The quantitative estimate of drug-likeness (QED) is 0.816. The zero-order chi connectivity index (χ0) is 21.4. The van der Waals surface area contributed by atoms with E-state index in [1.807, 2.05) is 32.3 Å². The van der Waals surface area contributed by atoms with Crippen molar-refractivity contribution in [3.8, 4) is 11.1 Å². The number of likely N-dealkylation sites (N-methyl/N-ethyl adjacent to an activating group) is 1. The summed E-state index contributed by atoms with van der Waals surface area (Å²) < 4.78 is 0. The number of carbonyl (C=O) groups is 3. The maximum Gasteiger partial charge on any atom is 0.256 e. The van der Waals surface area contributed by atoms with E-state index in [4.69, 9.17) is 11.6 Å². The molecule has 0 unspecified atom stereocenters. The monoisotopic (exact) mass is 426 g/mol. The van der Waals surface area contributed by atoms with Crippen LogP contribution in [0.25, 0.3) is 11.1 Å². The van der Waals surface area contributed by atoms with Gasteiger partial charge < -0.3 is 20.0 Å². The third-order valence-corrected chi connectivity index (χ3v) is 5.69. The minimum atomic E-state index is -0.705. The molecule has 1 N–H and O–H groups in total. The lowest BCUT2D eigenvalue weighted by molar-refractivity contribution is -0.136. The molecule has 2 aromatic rings. The standard InChI is InChI=1S/C22H23ClN4O3/c1-25(2)13-20(28)26-9-10-27-19(12-26)21(29)24-18-8-5-15(11-17(18)22(27)30)14-3-6-16(23)7-4-14/h3-8,11,19H,9-10,12-13H2,1-2H3,(H,24,29)/t19-/m1/s1. The molecule has 2 heterocycles. The Morgan fingerprint density at radius 3 is 2.50 bits per heavy atom. The molecule has 2 aliphatic rings. The van der Waals surface area contributed by atoms with Crippen molar-refractivity contribution in [2.75, 3.05) is 45.6 Å². The Balaban J connectivity index is 1.62. The summed E-state index contributed by atoms with van der Waals surface area (Å²) in [6.45, 7) is 1.20. The Bertz CT molecular complexity index is 1010. The molecular weight excluding hydrogens is 404 g/mol. The Morgan fingerprint density at radius 2 is 1.80 bits per heavy atom. The van der Waals surface area contributed by atoms with Gasteiger partial charge in [0.15, 0.2) is 0 Å². The molecule has 0 radical (unpaired) electrons. The number of rotatable bonds is 3. The molecule has 2 aliphatic heterocycles. The molecule has 7 nitrogen and oxygen atoms in total. The SMILES string of the molecule is CN(C)CC(=O)N1CCN2C(=O)c3cc(-c4ccc(Cl)cc4)ccc3NC(=O)[C@H]2C1. The second-order valence-electron chi connectivity index (χ2n) is 7.85. The maximum absolute atomic E-state index is 13.3. The lowest BCUT2D eigenvalue weighted by Gasteiger charge is -2.39. The van der Waals surface area contributed by atoms with E-state index in [1.165, 1.54) is 0 Å². The molecule has 0 aliphatic carbocycles. The summed E-state index contributed by atoms with van der Waals surface area (Å²) in [5, 5.41) is 3.51. The van der Waals surface area contributed by atoms with Crippen LogP contribution in [0.15, 0.2) is 42.5 Å². The van der Waals surface area contributed by atoms with E-state index >= 15 is 0 Å². The smallest absolute Gasteiger partial charge is 0.256 e. The predicted octanol–water partition coefficient (Wildman–Crippen LogP) is 2.17. The fourth-order valence-corrected chi connectivity index (χ4v) is 4.00. The number of nitrogens with zero attached hydrogens (tertiary/aromatic N) is 3. The summed E-state index contributed by atoms with van der Waals surface area (Å²) >= 11 is 5.97. The minimum Gasteiger partial charge on any atom is -0.337 e. The first-order valence-corrected chi connectivity index (χ1v) is 10.2. The van der Waals surface area contributed by atoms with Gasteiger partial charge in [-0.3, -0.25) is 14.4 Å². The number of fused-ring (bicyclic) bond motifs is 2. The topological polar surface area (TPSA) is 73.0 Å². The number of hydrogen-bond acceptors (Lipinski definition) is 4. The van der Waals surface area contributed by atoms with Crippen LogP contribution in [0.1, 0.15) is 10.4 Å². The number of piperazine rings is 1. The van der Waals surface area contributed by atoms with Gasteiger partial charge in [-0.2, -0.15) is 0 Å². The molecule has 1 fully saturated rings. The summed E-state index contributed by atoms with van der Waals surface area (Å²) in [7, 11) is 3.65. The van der Waals surface area contributed by atoms with Gasteiger partial charge in [-0.05, 0) is 49.5 Å². The van der Waals surface area contributed by atoms with Gasteiger partial charge in [-0.25, -0.2) is 0 Å². The molecule has 4 rings (SSSR count). The number of carbonyl (C=O) groups excluding carboxylic acids is 3. The van der Waals surface area contributed by atoms with Gasteiger partial charge in [0, 0.05) is 18.1 Å². The van der Waals surface area contributed by atoms with Crippen LogP contribution in [0, 0.1) is 0 Å². The lowest BCUT2D eigenvalue weighted by Crippen LogP contribution is -2.60. The van der Waals surface area contributed by atoms with Crippen LogP contribution in [0.4, 0.5) is 5.69 Å². The second kappa shape index (κ2) is 8.08. The van der Waals surface area contributed by atoms with Gasteiger partial charge in [0.1, 0.15) is 6.04 Å². The fraction of sp³-hybridized carbons (Fsp3) is 0.318. The summed E-state index contributed by atoms with van der Waals surface area (Å²) in [5.41, 5.74) is 2.74. The molecule has 1 atom stereocenters. The molecule has 1 saturated heterocycles. The second-order valence-corrected chi connectivity index (χ2v) is 8.28. The molecule has 3 amide bonds. The normalized spacial score (nSPS) is 18.6. The van der Waals surface area contributed by atoms with E-state index in [2.05, 4.69) is 5.32 Å². The van der Waals surface area contributed by atoms with Crippen molar-refractivity contribution in [2.45, 2.75) is 6.04 Å². The highest BCUT2D eigenvalue weighted by Crippen LogP contribution is 2.30. The first-order valence-electron chi connectivity index (χ1n) is 9.78. The highest BCUT2D eigenvalue weighted by atomic mass is 35.5. The largest absolute Gasteiger partial charge is 0.337 e.